The van der Waals surface area contributed by atoms with E-state index in [9.17, 15) is 4.79 Å². The Morgan fingerprint density at radius 3 is 3.09 bits per heavy atom. The number of benzene rings is 1. The van der Waals surface area contributed by atoms with Crippen LogP contribution in [0.5, 0.6) is 0 Å². The largest absolute Gasteiger partial charge is 0.348 e. The van der Waals surface area contributed by atoms with Crippen molar-refractivity contribution in [1.82, 2.24) is 14.7 Å². The molecule has 0 aliphatic rings. The van der Waals surface area contributed by atoms with E-state index in [0.29, 0.717) is 17.4 Å². The van der Waals surface area contributed by atoms with Crippen molar-refractivity contribution in [2.75, 3.05) is 0 Å². The number of hydrogen-bond acceptors (Lipinski definition) is 3. The summed E-state index contributed by atoms with van der Waals surface area (Å²) in [5.74, 6) is -0.163. The number of halogens is 1. The standard InChI is InChI=1S/C16H14ClN3OS/c1-11-4-2-3-5-12(11)10-18-14(21)7-6-13-15(17)19-16-20(13)8-9-22-16/h2-9H,10H2,1H3,(H,18,21)/b7-6+. The summed E-state index contributed by atoms with van der Waals surface area (Å²) in [4.78, 5) is 17.0. The van der Waals surface area contributed by atoms with Gasteiger partial charge >= 0.3 is 0 Å². The van der Waals surface area contributed by atoms with Crippen LogP contribution >= 0.6 is 22.9 Å². The van der Waals surface area contributed by atoms with Crippen molar-refractivity contribution < 1.29 is 4.79 Å². The molecule has 0 aliphatic carbocycles. The fourth-order valence-corrected chi connectivity index (χ4v) is 3.14. The van der Waals surface area contributed by atoms with Gasteiger partial charge in [-0.05, 0) is 24.1 Å². The van der Waals surface area contributed by atoms with E-state index in [-0.39, 0.29) is 5.91 Å². The average molecular weight is 332 g/mol. The normalized spacial score (nSPS) is 11.4. The van der Waals surface area contributed by atoms with E-state index in [1.807, 2.05) is 47.2 Å². The molecule has 0 aliphatic heterocycles. The van der Waals surface area contributed by atoms with Crippen LogP contribution in [0.4, 0.5) is 0 Å². The maximum Gasteiger partial charge on any atom is 0.244 e. The van der Waals surface area contributed by atoms with E-state index in [2.05, 4.69) is 10.3 Å². The second-order valence-corrected chi connectivity index (χ2v) is 6.05. The molecule has 4 nitrogen and oxygen atoms in total. The molecular weight excluding hydrogens is 318 g/mol. The fraction of sp³-hybridized carbons (Fsp3) is 0.125. The van der Waals surface area contributed by atoms with Crippen LogP contribution < -0.4 is 5.32 Å². The number of fused-ring (bicyclic) bond motifs is 1. The van der Waals surface area contributed by atoms with Crippen LogP contribution in [0.15, 0.2) is 41.9 Å². The number of nitrogens with zero attached hydrogens (tertiary/aromatic N) is 2. The number of carbonyl (C=O) groups excluding carboxylic acids is 1. The summed E-state index contributed by atoms with van der Waals surface area (Å²) in [5.41, 5.74) is 2.97. The molecule has 0 saturated carbocycles. The molecule has 6 heteroatoms. The topological polar surface area (TPSA) is 46.4 Å². The summed E-state index contributed by atoms with van der Waals surface area (Å²) in [6, 6.07) is 7.97. The lowest BCUT2D eigenvalue weighted by molar-refractivity contribution is -0.116. The molecule has 3 aromatic rings. The van der Waals surface area contributed by atoms with Crippen molar-refractivity contribution in [3.05, 3.63) is 63.9 Å². The first-order valence-electron chi connectivity index (χ1n) is 6.76. The van der Waals surface area contributed by atoms with E-state index in [0.717, 1.165) is 16.1 Å². The van der Waals surface area contributed by atoms with Gasteiger partial charge in [-0.3, -0.25) is 9.20 Å². The van der Waals surface area contributed by atoms with E-state index in [1.54, 1.807) is 6.08 Å². The first kappa shape index (κ1) is 14.8. The molecule has 0 saturated heterocycles. The lowest BCUT2D eigenvalue weighted by atomic mass is 10.1. The first-order valence-corrected chi connectivity index (χ1v) is 8.02. The number of imidazole rings is 1. The maximum atomic E-state index is 11.9. The number of carbonyl (C=O) groups is 1. The third-order valence-electron chi connectivity index (χ3n) is 3.36. The minimum Gasteiger partial charge on any atom is -0.348 e. The van der Waals surface area contributed by atoms with E-state index >= 15 is 0 Å². The summed E-state index contributed by atoms with van der Waals surface area (Å²) in [5, 5.41) is 5.19. The fourth-order valence-electron chi connectivity index (χ4n) is 2.13. The Balaban J connectivity index is 1.68. The highest BCUT2D eigenvalue weighted by molar-refractivity contribution is 7.15. The van der Waals surface area contributed by atoms with Crippen molar-refractivity contribution in [2.24, 2.45) is 0 Å². The van der Waals surface area contributed by atoms with Gasteiger partial charge in [-0.2, -0.15) is 0 Å². The molecule has 112 valence electrons. The van der Waals surface area contributed by atoms with Gasteiger partial charge in [0.2, 0.25) is 5.91 Å². The van der Waals surface area contributed by atoms with Crippen LogP contribution in [0.3, 0.4) is 0 Å². The van der Waals surface area contributed by atoms with Crippen molar-refractivity contribution in [1.29, 1.82) is 0 Å². The number of rotatable bonds is 4. The Labute approximate surface area is 137 Å². The van der Waals surface area contributed by atoms with Crippen LogP contribution in [0, 0.1) is 6.92 Å². The molecule has 0 radical (unpaired) electrons. The van der Waals surface area contributed by atoms with Gasteiger partial charge in [-0.15, -0.1) is 11.3 Å². The molecule has 0 spiro atoms. The number of hydrogen-bond donors (Lipinski definition) is 1. The van der Waals surface area contributed by atoms with Crippen LogP contribution in [0.2, 0.25) is 5.15 Å². The van der Waals surface area contributed by atoms with E-state index in [4.69, 9.17) is 11.6 Å². The summed E-state index contributed by atoms with van der Waals surface area (Å²) >= 11 is 7.58. The van der Waals surface area contributed by atoms with Crippen molar-refractivity contribution >= 4 is 39.9 Å². The molecule has 1 amide bonds. The Kier molecular flexibility index (Phi) is 4.27. The lowest BCUT2D eigenvalue weighted by Crippen LogP contribution is -2.20. The number of amides is 1. The Morgan fingerprint density at radius 2 is 2.27 bits per heavy atom. The van der Waals surface area contributed by atoms with E-state index in [1.165, 1.54) is 17.4 Å². The van der Waals surface area contributed by atoms with Gasteiger partial charge in [0.15, 0.2) is 10.1 Å². The average Bonchev–Trinajstić information content (AvgIpc) is 3.05. The Hall–Kier alpha value is -2.11. The number of thiazole rings is 1. The highest BCUT2D eigenvalue weighted by Crippen LogP contribution is 2.22. The van der Waals surface area contributed by atoms with Gasteiger partial charge in [0.1, 0.15) is 0 Å². The van der Waals surface area contributed by atoms with Gasteiger partial charge in [-0.25, -0.2) is 4.98 Å². The second-order valence-electron chi connectivity index (χ2n) is 4.82. The minimum atomic E-state index is -0.163. The zero-order valence-corrected chi connectivity index (χ0v) is 13.5. The molecule has 1 aromatic carbocycles. The third kappa shape index (κ3) is 3.05. The second kappa shape index (κ2) is 6.34. The Bertz CT molecular complexity index is 850. The van der Waals surface area contributed by atoms with Crippen LogP contribution in [-0.2, 0) is 11.3 Å². The first-order chi connectivity index (χ1) is 10.6. The predicted molar refractivity (Wildman–Crippen MR) is 90.1 cm³/mol. The van der Waals surface area contributed by atoms with Crippen molar-refractivity contribution in [3.8, 4) is 0 Å². The zero-order chi connectivity index (χ0) is 15.5. The monoisotopic (exact) mass is 331 g/mol. The van der Waals surface area contributed by atoms with Crippen LogP contribution in [-0.4, -0.2) is 15.3 Å². The molecule has 0 fully saturated rings. The smallest absolute Gasteiger partial charge is 0.244 e. The van der Waals surface area contributed by atoms with Crippen molar-refractivity contribution in [3.63, 3.8) is 0 Å². The molecule has 0 atom stereocenters. The van der Waals surface area contributed by atoms with Gasteiger partial charge in [-0.1, -0.05) is 35.9 Å². The van der Waals surface area contributed by atoms with Crippen LogP contribution in [0.1, 0.15) is 16.8 Å². The molecular formula is C16H14ClN3OS. The lowest BCUT2D eigenvalue weighted by Gasteiger charge is -2.05. The number of nitrogens with one attached hydrogen (secondary N) is 1. The molecule has 0 bridgehead atoms. The molecule has 2 heterocycles. The molecule has 0 unspecified atom stereocenters. The highest BCUT2D eigenvalue weighted by Gasteiger charge is 2.08. The molecule has 2 aromatic heterocycles. The van der Waals surface area contributed by atoms with Crippen molar-refractivity contribution in [2.45, 2.75) is 13.5 Å². The van der Waals surface area contributed by atoms with Gasteiger partial charge < -0.3 is 5.32 Å². The SMILES string of the molecule is Cc1ccccc1CNC(=O)/C=C/c1c(Cl)nc2sccn12. The quantitative estimate of drug-likeness (QED) is 0.741. The molecule has 22 heavy (non-hydrogen) atoms. The minimum absolute atomic E-state index is 0.163. The summed E-state index contributed by atoms with van der Waals surface area (Å²) < 4.78 is 1.86. The van der Waals surface area contributed by atoms with Crippen LogP contribution in [0.25, 0.3) is 11.0 Å². The van der Waals surface area contributed by atoms with E-state index < -0.39 is 0 Å². The van der Waals surface area contributed by atoms with Gasteiger partial charge in [0.05, 0.1) is 5.69 Å². The maximum absolute atomic E-state index is 11.9. The third-order valence-corrected chi connectivity index (χ3v) is 4.40. The predicted octanol–water partition coefficient (Wildman–Crippen LogP) is 3.69. The highest BCUT2D eigenvalue weighted by atomic mass is 35.5. The molecule has 3 rings (SSSR count). The zero-order valence-electron chi connectivity index (χ0n) is 11.9. The number of aromatic nitrogens is 2. The Morgan fingerprint density at radius 1 is 1.45 bits per heavy atom. The summed E-state index contributed by atoms with van der Waals surface area (Å²) in [7, 11) is 0. The van der Waals surface area contributed by atoms with Gasteiger partial charge in [0, 0.05) is 24.2 Å². The molecule has 1 N–H and O–H groups in total. The van der Waals surface area contributed by atoms with Gasteiger partial charge in [0.25, 0.3) is 0 Å². The summed E-state index contributed by atoms with van der Waals surface area (Å²) in [6.45, 7) is 2.53. The number of aryl methyl sites for hydroxylation is 1. The summed E-state index contributed by atoms with van der Waals surface area (Å²) in [6.07, 6.45) is 5.04.